The zero-order valence-corrected chi connectivity index (χ0v) is 14.0. The van der Waals surface area contributed by atoms with E-state index >= 15 is 0 Å². The monoisotopic (exact) mass is 311 g/mol. The van der Waals surface area contributed by atoms with Crippen molar-refractivity contribution in [1.82, 2.24) is 15.0 Å². The maximum Gasteiger partial charge on any atom is 0.227 e. The molecule has 5 heteroatoms. The van der Waals surface area contributed by atoms with Crippen molar-refractivity contribution in [3.63, 3.8) is 0 Å². The molecule has 5 nitrogen and oxygen atoms in total. The van der Waals surface area contributed by atoms with E-state index in [1.54, 1.807) is 0 Å². The molecule has 23 heavy (non-hydrogen) atoms. The molecule has 1 fully saturated rings. The molecule has 2 aromatic rings. The molecule has 0 aromatic carbocycles. The van der Waals surface area contributed by atoms with Crippen LogP contribution in [0.4, 0.5) is 11.8 Å². The minimum absolute atomic E-state index is 0.306. The predicted octanol–water partition coefficient (Wildman–Crippen LogP) is 3.21. The second-order valence-corrected chi connectivity index (χ2v) is 6.35. The molecule has 0 radical (unpaired) electrons. The topological polar surface area (TPSA) is 53.9 Å². The van der Waals surface area contributed by atoms with E-state index in [2.05, 4.69) is 39.2 Å². The van der Waals surface area contributed by atoms with Gasteiger partial charge in [-0.3, -0.25) is 4.98 Å². The summed E-state index contributed by atoms with van der Waals surface area (Å²) in [5.74, 6) is 1.78. The van der Waals surface area contributed by atoms with Gasteiger partial charge in [-0.1, -0.05) is 0 Å². The molecule has 122 valence electrons. The van der Waals surface area contributed by atoms with Gasteiger partial charge >= 0.3 is 0 Å². The van der Waals surface area contributed by atoms with Crippen LogP contribution in [-0.2, 0) is 6.42 Å². The number of aromatic nitrogens is 3. The van der Waals surface area contributed by atoms with Crippen LogP contribution in [0.25, 0.3) is 0 Å². The molecule has 1 saturated heterocycles. The number of hydrogen-bond donors (Lipinski definition) is 1. The summed E-state index contributed by atoms with van der Waals surface area (Å²) in [4.78, 5) is 15.7. The Hall–Kier alpha value is -2.17. The van der Waals surface area contributed by atoms with Crippen LogP contribution in [0, 0.1) is 6.92 Å². The fourth-order valence-corrected chi connectivity index (χ4v) is 3.04. The SMILES string of the molecule is Cc1cc(N[C@H](C)Cc2ccncc2)nc(N2CCCCC2)n1. The first-order valence-electron chi connectivity index (χ1n) is 8.47. The fourth-order valence-electron chi connectivity index (χ4n) is 3.04. The van der Waals surface area contributed by atoms with Gasteiger partial charge in [-0.2, -0.15) is 4.98 Å². The van der Waals surface area contributed by atoms with Crippen molar-refractivity contribution in [3.05, 3.63) is 41.9 Å². The lowest BCUT2D eigenvalue weighted by molar-refractivity contribution is 0.567. The molecule has 1 N–H and O–H groups in total. The minimum Gasteiger partial charge on any atom is -0.367 e. The lowest BCUT2D eigenvalue weighted by Crippen LogP contribution is -2.31. The van der Waals surface area contributed by atoms with Gasteiger partial charge in [-0.05, 0) is 57.2 Å². The number of anilines is 2. The van der Waals surface area contributed by atoms with Crippen LogP contribution in [0.15, 0.2) is 30.6 Å². The molecule has 1 aliphatic rings. The highest BCUT2D eigenvalue weighted by molar-refractivity contribution is 5.44. The third-order valence-electron chi connectivity index (χ3n) is 4.17. The Labute approximate surface area is 138 Å². The highest BCUT2D eigenvalue weighted by Gasteiger charge is 2.15. The number of piperidine rings is 1. The van der Waals surface area contributed by atoms with Crippen molar-refractivity contribution in [3.8, 4) is 0 Å². The van der Waals surface area contributed by atoms with E-state index in [0.29, 0.717) is 6.04 Å². The fraction of sp³-hybridized carbons (Fsp3) is 0.500. The van der Waals surface area contributed by atoms with Crippen LogP contribution < -0.4 is 10.2 Å². The largest absolute Gasteiger partial charge is 0.367 e. The molecule has 0 spiro atoms. The quantitative estimate of drug-likeness (QED) is 0.919. The molecule has 0 amide bonds. The van der Waals surface area contributed by atoms with Crippen LogP contribution in [0.3, 0.4) is 0 Å². The second-order valence-electron chi connectivity index (χ2n) is 6.35. The first-order valence-corrected chi connectivity index (χ1v) is 8.47. The Morgan fingerprint density at radius 2 is 1.87 bits per heavy atom. The average Bonchev–Trinajstić information content (AvgIpc) is 2.56. The Bertz CT molecular complexity index is 623. The van der Waals surface area contributed by atoms with Gasteiger partial charge in [0.05, 0.1) is 0 Å². The molecule has 3 heterocycles. The van der Waals surface area contributed by atoms with E-state index in [0.717, 1.165) is 37.0 Å². The highest BCUT2D eigenvalue weighted by Crippen LogP contribution is 2.19. The van der Waals surface area contributed by atoms with E-state index in [1.807, 2.05) is 25.4 Å². The second kappa shape index (κ2) is 7.40. The molecular formula is C18H25N5. The smallest absolute Gasteiger partial charge is 0.227 e. The predicted molar refractivity (Wildman–Crippen MR) is 93.9 cm³/mol. The first kappa shape index (κ1) is 15.7. The van der Waals surface area contributed by atoms with E-state index in [1.165, 1.54) is 24.8 Å². The van der Waals surface area contributed by atoms with Gasteiger partial charge in [0.25, 0.3) is 0 Å². The number of nitrogens with zero attached hydrogens (tertiary/aromatic N) is 4. The summed E-state index contributed by atoms with van der Waals surface area (Å²) in [5, 5.41) is 3.51. The Kier molecular flexibility index (Phi) is 5.05. The maximum atomic E-state index is 4.73. The van der Waals surface area contributed by atoms with Crippen molar-refractivity contribution in [2.45, 2.75) is 45.6 Å². The maximum absolute atomic E-state index is 4.73. The van der Waals surface area contributed by atoms with Crippen LogP contribution in [0.1, 0.15) is 37.4 Å². The van der Waals surface area contributed by atoms with Crippen molar-refractivity contribution >= 4 is 11.8 Å². The molecule has 2 aromatic heterocycles. The van der Waals surface area contributed by atoms with Gasteiger partial charge in [-0.25, -0.2) is 4.98 Å². The minimum atomic E-state index is 0.306. The zero-order valence-electron chi connectivity index (χ0n) is 14.0. The van der Waals surface area contributed by atoms with E-state index < -0.39 is 0 Å². The number of rotatable bonds is 5. The Morgan fingerprint density at radius 1 is 1.13 bits per heavy atom. The first-order chi connectivity index (χ1) is 11.2. The summed E-state index contributed by atoms with van der Waals surface area (Å²) in [6, 6.07) is 6.45. The molecule has 3 rings (SSSR count). The summed E-state index contributed by atoms with van der Waals surface area (Å²) in [5.41, 5.74) is 2.29. The molecule has 1 aliphatic heterocycles. The summed E-state index contributed by atoms with van der Waals surface area (Å²) in [6.07, 6.45) is 8.41. The van der Waals surface area contributed by atoms with Crippen molar-refractivity contribution in [1.29, 1.82) is 0 Å². The molecule has 0 aliphatic carbocycles. The number of hydrogen-bond acceptors (Lipinski definition) is 5. The zero-order chi connectivity index (χ0) is 16.1. The molecule has 0 saturated carbocycles. The van der Waals surface area contributed by atoms with E-state index in [4.69, 9.17) is 4.98 Å². The van der Waals surface area contributed by atoms with Crippen LogP contribution in [-0.4, -0.2) is 34.1 Å². The van der Waals surface area contributed by atoms with Crippen LogP contribution in [0.5, 0.6) is 0 Å². The van der Waals surface area contributed by atoms with E-state index in [9.17, 15) is 0 Å². The van der Waals surface area contributed by atoms with Crippen LogP contribution >= 0.6 is 0 Å². The van der Waals surface area contributed by atoms with Crippen LogP contribution in [0.2, 0.25) is 0 Å². The van der Waals surface area contributed by atoms with Gasteiger partial charge in [0.15, 0.2) is 0 Å². The summed E-state index contributed by atoms with van der Waals surface area (Å²) in [6.45, 7) is 6.34. The lowest BCUT2D eigenvalue weighted by Gasteiger charge is -2.27. The van der Waals surface area contributed by atoms with Crippen molar-refractivity contribution in [2.24, 2.45) is 0 Å². The van der Waals surface area contributed by atoms with E-state index in [-0.39, 0.29) is 0 Å². The average molecular weight is 311 g/mol. The molecule has 0 bridgehead atoms. The Balaban J connectivity index is 1.68. The molecule has 0 unspecified atom stereocenters. The molecule has 1 atom stereocenters. The summed E-state index contributed by atoms with van der Waals surface area (Å²) in [7, 11) is 0. The van der Waals surface area contributed by atoms with Gasteiger partial charge < -0.3 is 10.2 Å². The summed E-state index contributed by atoms with van der Waals surface area (Å²) < 4.78 is 0. The Morgan fingerprint density at radius 3 is 2.61 bits per heavy atom. The number of nitrogens with one attached hydrogen (secondary N) is 1. The van der Waals surface area contributed by atoms with Crippen molar-refractivity contribution < 1.29 is 0 Å². The third-order valence-corrected chi connectivity index (χ3v) is 4.17. The van der Waals surface area contributed by atoms with Gasteiger partial charge in [-0.15, -0.1) is 0 Å². The summed E-state index contributed by atoms with van der Waals surface area (Å²) >= 11 is 0. The molecular weight excluding hydrogens is 286 g/mol. The van der Waals surface area contributed by atoms with Crippen molar-refractivity contribution in [2.75, 3.05) is 23.3 Å². The standard InChI is InChI=1S/C18H25N5/c1-14(12-16-6-8-19-9-7-16)20-17-13-15(2)21-18(22-17)23-10-4-3-5-11-23/h6-9,13-14H,3-5,10-12H2,1-2H3,(H,20,21,22)/t14-/m1/s1. The number of aryl methyl sites for hydroxylation is 1. The lowest BCUT2D eigenvalue weighted by atomic mass is 10.1. The van der Waals surface area contributed by atoms with Gasteiger partial charge in [0.1, 0.15) is 5.82 Å². The highest BCUT2D eigenvalue weighted by atomic mass is 15.3. The van der Waals surface area contributed by atoms with Gasteiger partial charge in [0, 0.05) is 43.3 Å². The normalized spacial score (nSPS) is 16.2. The third kappa shape index (κ3) is 4.41. The van der Waals surface area contributed by atoms with Gasteiger partial charge in [0.2, 0.25) is 5.95 Å². The number of pyridine rings is 1.